The van der Waals surface area contributed by atoms with Gasteiger partial charge in [-0.25, -0.2) is 26.7 Å². The third kappa shape index (κ3) is 3.96. The zero-order valence-electron chi connectivity index (χ0n) is 15.0. The van der Waals surface area contributed by atoms with Crippen molar-refractivity contribution < 1.29 is 17.2 Å². The lowest BCUT2D eigenvalue weighted by Crippen LogP contribution is -2.49. The molecule has 0 aliphatic carbocycles. The van der Waals surface area contributed by atoms with E-state index >= 15 is 0 Å². The van der Waals surface area contributed by atoms with Crippen LogP contribution >= 0.6 is 0 Å². The van der Waals surface area contributed by atoms with E-state index in [9.17, 15) is 17.2 Å². The van der Waals surface area contributed by atoms with Crippen molar-refractivity contribution in [1.82, 2.24) is 18.9 Å². The molecule has 2 aromatic rings. The van der Waals surface area contributed by atoms with E-state index in [1.165, 1.54) is 16.8 Å². The number of halogens is 2. The fraction of sp³-hybridized carbons (Fsp3) is 0.625. The monoisotopic (exact) mass is 387 g/mol. The zero-order valence-corrected chi connectivity index (χ0v) is 15.8. The predicted octanol–water partition coefficient (Wildman–Crippen LogP) is 1.85. The van der Waals surface area contributed by atoms with Crippen LogP contribution in [0.2, 0.25) is 0 Å². The highest BCUT2D eigenvalue weighted by molar-refractivity contribution is 7.88. The maximum absolute atomic E-state index is 14.4. The van der Waals surface area contributed by atoms with Crippen LogP contribution in [0.5, 0.6) is 0 Å². The van der Waals surface area contributed by atoms with Crippen LogP contribution in [0.25, 0.3) is 5.52 Å². The van der Waals surface area contributed by atoms with Gasteiger partial charge < -0.3 is 5.32 Å². The van der Waals surface area contributed by atoms with E-state index in [1.807, 2.05) is 13.8 Å². The number of piperidine rings is 1. The van der Waals surface area contributed by atoms with Crippen molar-refractivity contribution in [1.29, 1.82) is 0 Å². The van der Waals surface area contributed by atoms with Crippen LogP contribution in [-0.4, -0.2) is 58.9 Å². The molecule has 7 nitrogen and oxygen atoms in total. The topological polar surface area (TPSA) is 79.6 Å². The van der Waals surface area contributed by atoms with Crippen molar-refractivity contribution in [2.75, 3.05) is 24.7 Å². The highest BCUT2D eigenvalue weighted by Gasteiger charge is 2.33. The van der Waals surface area contributed by atoms with E-state index in [0.717, 1.165) is 16.3 Å². The number of hydrogen-bond acceptors (Lipinski definition) is 5. The molecule has 3 rings (SSSR count). The number of rotatable bonds is 5. The van der Waals surface area contributed by atoms with E-state index in [4.69, 9.17) is 0 Å². The van der Waals surface area contributed by atoms with Gasteiger partial charge in [0.25, 0.3) is 0 Å². The number of fused-ring (bicyclic) bond motifs is 1. The van der Waals surface area contributed by atoms with Crippen LogP contribution in [0, 0.1) is 11.7 Å². The van der Waals surface area contributed by atoms with Gasteiger partial charge in [-0.2, -0.15) is 4.31 Å². The molecule has 1 aliphatic rings. The zero-order chi connectivity index (χ0) is 19.1. The molecule has 2 aromatic heterocycles. The SMILES string of the molecule is CC(C)Cc1cc(F)c2cnc(N[C@@H]3CCN(S(C)(=O)=O)C[C@H]3F)nn12. The second kappa shape index (κ2) is 7.07. The molecule has 0 radical (unpaired) electrons. The first kappa shape index (κ1) is 19.0. The number of sulfonamides is 1. The molecule has 2 atom stereocenters. The largest absolute Gasteiger partial charge is 0.347 e. The maximum atomic E-state index is 14.4. The van der Waals surface area contributed by atoms with Crippen molar-refractivity contribution in [3.05, 3.63) is 23.8 Å². The Morgan fingerprint density at radius 2 is 2.15 bits per heavy atom. The minimum absolute atomic E-state index is 0.193. The number of hydrogen-bond donors (Lipinski definition) is 1. The third-order valence-electron chi connectivity index (χ3n) is 4.45. The van der Waals surface area contributed by atoms with Gasteiger partial charge in [-0.05, 0) is 24.8 Å². The van der Waals surface area contributed by atoms with Crippen LogP contribution in [0.15, 0.2) is 12.3 Å². The summed E-state index contributed by atoms with van der Waals surface area (Å²) in [5.41, 5.74) is 0.997. The lowest BCUT2D eigenvalue weighted by molar-refractivity contribution is 0.186. The first-order chi connectivity index (χ1) is 12.1. The highest BCUT2D eigenvalue weighted by Crippen LogP contribution is 2.21. The number of alkyl halides is 1. The Kier molecular flexibility index (Phi) is 5.16. The van der Waals surface area contributed by atoms with Crippen molar-refractivity contribution >= 4 is 21.5 Å². The fourth-order valence-corrected chi connectivity index (χ4v) is 4.00. The van der Waals surface area contributed by atoms with Crippen LogP contribution < -0.4 is 5.32 Å². The van der Waals surface area contributed by atoms with Crippen molar-refractivity contribution in [2.45, 2.75) is 38.9 Å². The quantitative estimate of drug-likeness (QED) is 0.847. The van der Waals surface area contributed by atoms with Gasteiger partial charge in [0.15, 0.2) is 5.82 Å². The standard InChI is InChI=1S/C16H23F2N5O2S/c1-10(2)6-11-7-12(17)15-8-19-16(21-23(11)15)20-14-4-5-22(9-13(14)18)26(3,24)25/h7-8,10,13-14H,4-6,9H2,1-3H3,(H,20,21)/t13-,14-/m1/s1. The summed E-state index contributed by atoms with van der Waals surface area (Å²) in [7, 11) is -3.41. The minimum Gasteiger partial charge on any atom is -0.347 e. The summed E-state index contributed by atoms with van der Waals surface area (Å²) in [6.45, 7) is 4.09. The van der Waals surface area contributed by atoms with Gasteiger partial charge in [0.1, 0.15) is 11.7 Å². The molecule has 1 fully saturated rings. The van der Waals surface area contributed by atoms with Gasteiger partial charge in [0, 0.05) is 18.8 Å². The van der Waals surface area contributed by atoms with Crippen LogP contribution in [0.1, 0.15) is 26.0 Å². The molecule has 0 saturated carbocycles. The van der Waals surface area contributed by atoms with Crippen molar-refractivity contribution in [2.24, 2.45) is 5.92 Å². The number of anilines is 1. The number of aromatic nitrogens is 3. The summed E-state index contributed by atoms with van der Waals surface area (Å²) in [6, 6.07) is 0.843. The molecule has 26 heavy (non-hydrogen) atoms. The second-order valence-electron chi connectivity index (χ2n) is 7.14. The summed E-state index contributed by atoms with van der Waals surface area (Å²) >= 11 is 0. The maximum Gasteiger partial charge on any atom is 0.241 e. The van der Waals surface area contributed by atoms with E-state index < -0.39 is 28.1 Å². The summed E-state index contributed by atoms with van der Waals surface area (Å²) in [4.78, 5) is 4.07. The summed E-state index contributed by atoms with van der Waals surface area (Å²) in [5, 5.41) is 7.22. The third-order valence-corrected chi connectivity index (χ3v) is 5.72. The van der Waals surface area contributed by atoms with E-state index in [-0.39, 0.29) is 24.6 Å². The summed E-state index contributed by atoms with van der Waals surface area (Å²) < 4.78 is 54.1. The molecular weight excluding hydrogens is 364 g/mol. The molecule has 0 unspecified atom stereocenters. The predicted molar refractivity (Wildman–Crippen MR) is 94.8 cm³/mol. The average Bonchev–Trinajstić information content (AvgIpc) is 2.83. The molecule has 3 heterocycles. The Balaban J connectivity index is 1.79. The molecule has 1 N–H and O–H groups in total. The first-order valence-corrected chi connectivity index (χ1v) is 10.4. The van der Waals surface area contributed by atoms with Crippen molar-refractivity contribution in [3.63, 3.8) is 0 Å². The molecule has 0 amide bonds. The van der Waals surface area contributed by atoms with Gasteiger partial charge >= 0.3 is 0 Å². The first-order valence-electron chi connectivity index (χ1n) is 8.54. The molecule has 1 saturated heterocycles. The number of nitrogens with one attached hydrogen (secondary N) is 1. The van der Waals surface area contributed by atoms with Crippen LogP contribution in [0.4, 0.5) is 14.7 Å². The number of nitrogens with zero attached hydrogens (tertiary/aromatic N) is 4. The lowest BCUT2D eigenvalue weighted by atomic mass is 10.1. The second-order valence-corrected chi connectivity index (χ2v) is 9.12. The summed E-state index contributed by atoms with van der Waals surface area (Å²) in [5.74, 6) is 0.130. The molecule has 144 valence electrons. The highest BCUT2D eigenvalue weighted by atomic mass is 32.2. The van der Waals surface area contributed by atoms with E-state index in [0.29, 0.717) is 18.8 Å². The van der Waals surface area contributed by atoms with Gasteiger partial charge in [0.05, 0.1) is 18.5 Å². The van der Waals surface area contributed by atoms with Gasteiger partial charge in [0.2, 0.25) is 16.0 Å². The average molecular weight is 387 g/mol. The van der Waals surface area contributed by atoms with Gasteiger partial charge in [-0.3, -0.25) is 0 Å². The van der Waals surface area contributed by atoms with Crippen molar-refractivity contribution in [3.8, 4) is 0 Å². The van der Waals surface area contributed by atoms with E-state index in [2.05, 4.69) is 15.4 Å². The fourth-order valence-electron chi connectivity index (χ4n) is 3.15. The molecular formula is C16H23F2N5O2S. The Hall–Kier alpha value is -1.81. The Morgan fingerprint density at radius 3 is 2.77 bits per heavy atom. The molecule has 10 heteroatoms. The molecule has 1 aliphatic heterocycles. The Morgan fingerprint density at radius 1 is 1.42 bits per heavy atom. The van der Waals surface area contributed by atoms with E-state index in [1.54, 1.807) is 0 Å². The lowest BCUT2D eigenvalue weighted by Gasteiger charge is -2.33. The van der Waals surface area contributed by atoms with Crippen LogP contribution in [-0.2, 0) is 16.4 Å². The normalized spacial score (nSPS) is 22.2. The minimum atomic E-state index is -3.41. The van der Waals surface area contributed by atoms with Gasteiger partial charge in [-0.15, -0.1) is 5.10 Å². The Bertz CT molecular complexity index is 899. The molecule has 0 aromatic carbocycles. The molecule has 0 bridgehead atoms. The smallest absolute Gasteiger partial charge is 0.241 e. The summed E-state index contributed by atoms with van der Waals surface area (Å²) in [6.07, 6.45) is 2.01. The van der Waals surface area contributed by atoms with Crippen LogP contribution in [0.3, 0.4) is 0 Å². The van der Waals surface area contributed by atoms with Gasteiger partial charge in [-0.1, -0.05) is 13.8 Å². The Labute approximate surface area is 151 Å². The molecule has 0 spiro atoms.